The molecule has 0 fully saturated rings. The largest absolute Gasteiger partial charge is 0.349 e. The van der Waals surface area contributed by atoms with E-state index in [0.29, 0.717) is 0 Å². The zero-order valence-electron chi connectivity index (χ0n) is 12.8. The minimum atomic E-state index is 0.131. The standard InChI is InChI=1S/C18H17N5/c1-13(20-18-21-16-8-2-3-9-17(16)22-18)14-6-4-7-15(12-14)23-11-5-10-19-23/h2-13H,1H3,(H2,20,21,22). The van der Waals surface area contributed by atoms with Gasteiger partial charge in [-0.25, -0.2) is 9.67 Å². The third-order valence-corrected chi connectivity index (χ3v) is 3.88. The van der Waals surface area contributed by atoms with Crippen molar-refractivity contribution in [1.82, 2.24) is 19.7 Å². The molecule has 2 heterocycles. The topological polar surface area (TPSA) is 58.5 Å². The first kappa shape index (κ1) is 13.6. The number of nitrogens with zero attached hydrogens (tertiary/aromatic N) is 3. The number of hydrogen-bond acceptors (Lipinski definition) is 3. The number of para-hydroxylation sites is 2. The predicted octanol–water partition coefficient (Wildman–Crippen LogP) is 3.92. The summed E-state index contributed by atoms with van der Waals surface area (Å²) >= 11 is 0. The van der Waals surface area contributed by atoms with Gasteiger partial charge in [0.2, 0.25) is 5.95 Å². The van der Waals surface area contributed by atoms with Gasteiger partial charge in [-0.3, -0.25) is 0 Å². The fourth-order valence-electron chi connectivity index (χ4n) is 2.67. The average molecular weight is 303 g/mol. The van der Waals surface area contributed by atoms with Crippen molar-refractivity contribution in [2.45, 2.75) is 13.0 Å². The van der Waals surface area contributed by atoms with Crippen molar-refractivity contribution in [3.05, 3.63) is 72.6 Å². The van der Waals surface area contributed by atoms with Gasteiger partial charge in [0, 0.05) is 12.4 Å². The molecular formula is C18H17N5. The Morgan fingerprint density at radius 3 is 2.83 bits per heavy atom. The molecule has 4 aromatic rings. The van der Waals surface area contributed by atoms with Crippen LogP contribution in [0.2, 0.25) is 0 Å². The van der Waals surface area contributed by atoms with Crippen LogP contribution in [0, 0.1) is 0 Å². The van der Waals surface area contributed by atoms with E-state index in [-0.39, 0.29) is 6.04 Å². The summed E-state index contributed by atoms with van der Waals surface area (Å²) < 4.78 is 1.86. The molecule has 23 heavy (non-hydrogen) atoms. The van der Waals surface area contributed by atoms with E-state index in [0.717, 1.165) is 22.7 Å². The number of rotatable bonds is 4. The third-order valence-electron chi connectivity index (χ3n) is 3.88. The summed E-state index contributed by atoms with van der Waals surface area (Å²) in [7, 11) is 0. The zero-order chi connectivity index (χ0) is 15.6. The molecule has 2 N–H and O–H groups in total. The Morgan fingerprint density at radius 2 is 2.00 bits per heavy atom. The van der Waals surface area contributed by atoms with E-state index in [1.54, 1.807) is 6.20 Å². The van der Waals surface area contributed by atoms with Gasteiger partial charge in [-0.15, -0.1) is 0 Å². The highest BCUT2D eigenvalue weighted by molar-refractivity contribution is 5.77. The number of fused-ring (bicyclic) bond motifs is 1. The first-order chi connectivity index (χ1) is 11.3. The molecule has 0 spiro atoms. The van der Waals surface area contributed by atoms with Gasteiger partial charge < -0.3 is 10.3 Å². The van der Waals surface area contributed by atoms with Gasteiger partial charge >= 0.3 is 0 Å². The quantitative estimate of drug-likeness (QED) is 0.600. The monoisotopic (exact) mass is 303 g/mol. The molecule has 5 nitrogen and oxygen atoms in total. The Hall–Kier alpha value is -3.08. The van der Waals surface area contributed by atoms with Crippen molar-refractivity contribution < 1.29 is 0 Å². The number of aromatic nitrogens is 4. The van der Waals surface area contributed by atoms with Gasteiger partial charge in [0.15, 0.2) is 0 Å². The smallest absolute Gasteiger partial charge is 0.201 e. The molecule has 1 unspecified atom stereocenters. The van der Waals surface area contributed by atoms with Crippen LogP contribution < -0.4 is 5.32 Å². The Labute approximate surface area is 134 Å². The molecule has 0 saturated heterocycles. The van der Waals surface area contributed by atoms with Crippen LogP contribution in [0.25, 0.3) is 16.7 Å². The Kier molecular flexibility index (Phi) is 3.31. The number of H-pyrrole nitrogens is 1. The number of aromatic amines is 1. The van der Waals surface area contributed by atoms with Crippen molar-refractivity contribution in [2.24, 2.45) is 0 Å². The predicted molar refractivity (Wildman–Crippen MR) is 91.7 cm³/mol. The lowest BCUT2D eigenvalue weighted by Crippen LogP contribution is -2.08. The maximum absolute atomic E-state index is 4.57. The van der Waals surface area contributed by atoms with Gasteiger partial charge in [-0.1, -0.05) is 24.3 Å². The molecule has 4 rings (SSSR count). The molecule has 5 heteroatoms. The maximum atomic E-state index is 4.57. The second-order valence-electron chi connectivity index (χ2n) is 5.51. The summed E-state index contributed by atoms with van der Waals surface area (Å²) in [4.78, 5) is 7.86. The van der Waals surface area contributed by atoms with E-state index in [2.05, 4.69) is 39.4 Å². The highest BCUT2D eigenvalue weighted by Gasteiger charge is 2.09. The van der Waals surface area contributed by atoms with Crippen LogP contribution >= 0.6 is 0 Å². The van der Waals surface area contributed by atoms with Crippen molar-refractivity contribution in [1.29, 1.82) is 0 Å². The van der Waals surface area contributed by atoms with E-state index >= 15 is 0 Å². The summed E-state index contributed by atoms with van der Waals surface area (Å²) in [6.07, 6.45) is 3.72. The van der Waals surface area contributed by atoms with Crippen molar-refractivity contribution >= 4 is 17.0 Å². The molecule has 0 saturated carbocycles. The Balaban J connectivity index is 1.59. The highest BCUT2D eigenvalue weighted by Crippen LogP contribution is 2.21. The Bertz CT molecular complexity index is 890. The second kappa shape index (κ2) is 5.61. The van der Waals surface area contributed by atoms with Crippen LogP contribution in [-0.2, 0) is 0 Å². The SMILES string of the molecule is CC(Nc1nc2ccccc2[nH]1)c1cccc(-n2cccn2)c1. The van der Waals surface area contributed by atoms with E-state index in [1.165, 1.54) is 5.56 Å². The molecular weight excluding hydrogens is 286 g/mol. The van der Waals surface area contributed by atoms with E-state index in [4.69, 9.17) is 0 Å². The molecule has 2 aromatic carbocycles. The third kappa shape index (κ3) is 2.68. The van der Waals surface area contributed by atoms with Crippen LogP contribution in [0.4, 0.5) is 5.95 Å². The average Bonchev–Trinajstić information content (AvgIpc) is 3.24. The second-order valence-corrected chi connectivity index (χ2v) is 5.51. The highest BCUT2D eigenvalue weighted by atomic mass is 15.3. The fourth-order valence-corrected chi connectivity index (χ4v) is 2.67. The first-order valence-corrected chi connectivity index (χ1v) is 7.61. The van der Waals surface area contributed by atoms with Crippen molar-refractivity contribution in [3.8, 4) is 5.69 Å². The molecule has 0 radical (unpaired) electrons. The summed E-state index contributed by atoms with van der Waals surface area (Å²) in [5.74, 6) is 0.781. The normalized spacial score (nSPS) is 12.4. The molecule has 0 bridgehead atoms. The minimum Gasteiger partial charge on any atom is -0.349 e. The lowest BCUT2D eigenvalue weighted by Gasteiger charge is -2.14. The maximum Gasteiger partial charge on any atom is 0.201 e. The van der Waals surface area contributed by atoms with Gasteiger partial charge in [0.25, 0.3) is 0 Å². The summed E-state index contributed by atoms with van der Waals surface area (Å²) in [6, 6.07) is 18.4. The van der Waals surface area contributed by atoms with Gasteiger partial charge in [-0.05, 0) is 42.8 Å². The van der Waals surface area contributed by atoms with Crippen molar-refractivity contribution in [3.63, 3.8) is 0 Å². The zero-order valence-corrected chi connectivity index (χ0v) is 12.8. The lowest BCUT2D eigenvalue weighted by atomic mass is 10.1. The minimum absolute atomic E-state index is 0.131. The number of nitrogens with one attached hydrogen (secondary N) is 2. The van der Waals surface area contributed by atoms with Crippen LogP contribution in [0.5, 0.6) is 0 Å². The van der Waals surface area contributed by atoms with Gasteiger partial charge in [0.1, 0.15) is 0 Å². The lowest BCUT2D eigenvalue weighted by molar-refractivity contribution is 0.847. The number of anilines is 1. The molecule has 0 amide bonds. The molecule has 114 valence electrons. The van der Waals surface area contributed by atoms with Gasteiger partial charge in [0.05, 0.1) is 22.8 Å². The van der Waals surface area contributed by atoms with Crippen LogP contribution in [0.1, 0.15) is 18.5 Å². The first-order valence-electron chi connectivity index (χ1n) is 7.61. The van der Waals surface area contributed by atoms with E-state index in [1.807, 2.05) is 53.3 Å². The summed E-state index contributed by atoms with van der Waals surface area (Å²) in [5, 5.41) is 7.70. The molecule has 0 aliphatic carbocycles. The van der Waals surface area contributed by atoms with E-state index < -0.39 is 0 Å². The summed E-state index contributed by atoms with van der Waals surface area (Å²) in [6.45, 7) is 2.12. The molecule has 2 aromatic heterocycles. The van der Waals surface area contributed by atoms with Crippen molar-refractivity contribution in [2.75, 3.05) is 5.32 Å². The number of benzene rings is 2. The molecule has 0 aliphatic heterocycles. The van der Waals surface area contributed by atoms with Gasteiger partial charge in [-0.2, -0.15) is 5.10 Å². The Morgan fingerprint density at radius 1 is 1.09 bits per heavy atom. The number of imidazole rings is 1. The molecule has 1 atom stereocenters. The number of hydrogen-bond donors (Lipinski definition) is 2. The van der Waals surface area contributed by atoms with Crippen LogP contribution in [0.3, 0.4) is 0 Å². The van der Waals surface area contributed by atoms with Crippen LogP contribution in [0.15, 0.2) is 67.0 Å². The summed E-state index contributed by atoms with van der Waals surface area (Å²) in [5.41, 5.74) is 4.23. The molecule has 0 aliphatic rings. The van der Waals surface area contributed by atoms with E-state index in [9.17, 15) is 0 Å². The fraction of sp³-hybridized carbons (Fsp3) is 0.111. The van der Waals surface area contributed by atoms with Crippen LogP contribution in [-0.4, -0.2) is 19.7 Å².